The van der Waals surface area contributed by atoms with Crippen molar-refractivity contribution in [2.75, 3.05) is 17.2 Å². The molecule has 5 nitrogen and oxygen atoms in total. The summed E-state index contributed by atoms with van der Waals surface area (Å²) in [6.45, 7) is 0.469. The molecule has 1 aromatic heterocycles. The van der Waals surface area contributed by atoms with E-state index in [1.165, 1.54) is 30.3 Å². The Labute approximate surface area is 149 Å². The number of nitrogens with one attached hydrogen (secondary N) is 2. The molecular formula is C19H16F2N4O. The molecule has 0 fully saturated rings. The highest BCUT2D eigenvalue weighted by molar-refractivity contribution is 6.02. The fourth-order valence-corrected chi connectivity index (χ4v) is 2.32. The van der Waals surface area contributed by atoms with Crippen LogP contribution in [0.15, 0.2) is 60.7 Å². The second kappa shape index (κ2) is 8.15. The van der Waals surface area contributed by atoms with Gasteiger partial charge < -0.3 is 10.6 Å². The summed E-state index contributed by atoms with van der Waals surface area (Å²) in [6.07, 6.45) is 0.490. The van der Waals surface area contributed by atoms with Gasteiger partial charge in [0.25, 0.3) is 5.91 Å². The minimum absolute atomic E-state index is 0.0629. The number of carbonyl (C=O) groups excluding carboxylic acids is 1. The summed E-state index contributed by atoms with van der Waals surface area (Å²) >= 11 is 0. The second-order valence-corrected chi connectivity index (χ2v) is 5.51. The lowest BCUT2D eigenvalue weighted by Gasteiger charge is -2.07. The van der Waals surface area contributed by atoms with Crippen LogP contribution in [-0.4, -0.2) is 22.6 Å². The summed E-state index contributed by atoms with van der Waals surface area (Å²) in [6, 6.07) is 15.5. The first-order chi connectivity index (χ1) is 12.6. The molecule has 3 aromatic rings. The number of rotatable bonds is 6. The van der Waals surface area contributed by atoms with E-state index in [1.54, 1.807) is 30.3 Å². The van der Waals surface area contributed by atoms with Crippen LogP contribution in [0.5, 0.6) is 0 Å². The van der Waals surface area contributed by atoms with Crippen molar-refractivity contribution in [3.8, 4) is 0 Å². The van der Waals surface area contributed by atoms with E-state index in [1.807, 2.05) is 0 Å². The zero-order valence-corrected chi connectivity index (χ0v) is 13.7. The summed E-state index contributed by atoms with van der Waals surface area (Å²) in [4.78, 5) is 12.1. The van der Waals surface area contributed by atoms with Gasteiger partial charge in [-0.1, -0.05) is 30.3 Å². The Bertz CT molecular complexity index is 900. The first kappa shape index (κ1) is 17.5. The quantitative estimate of drug-likeness (QED) is 0.709. The highest BCUT2D eigenvalue weighted by atomic mass is 19.1. The molecule has 2 aromatic carbocycles. The summed E-state index contributed by atoms with van der Waals surface area (Å²) in [7, 11) is 0. The molecular weight excluding hydrogens is 338 g/mol. The van der Waals surface area contributed by atoms with Crippen LogP contribution in [0.2, 0.25) is 0 Å². The van der Waals surface area contributed by atoms with Crippen LogP contribution in [0.25, 0.3) is 0 Å². The molecule has 0 atom stereocenters. The molecule has 0 spiro atoms. The SMILES string of the molecule is O=C(Nc1ccccc1F)c1ccc(NCCc2ccccc2F)nn1. The number of halogens is 2. The van der Waals surface area contributed by atoms with Crippen molar-refractivity contribution in [1.29, 1.82) is 0 Å². The van der Waals surface area contributed by atoms with Gasteiger partial charge in [-0.2, -0.15) is 0 Å². The Morgan fingerprint density at radius 3 is 2.31 bits per heavy atom. The van der Waals surface area contributed by atoms with Crippen LogP contribution in [-0.2, 0) is 6.42 Å². The molecule has 0 bridgehead atoms. The summed E-state index contributed by atoms with van der Waals surface area (Å²) in [5, 5.41) is 13.2. The monoisotopic (exact) mass is 354 g/mol. The highest BCUT2D eigenvalue weighted by Gasteiger charge is 2.11. The molecule has 0 unspecified atom stereocenters. The second-order valence-electron chi connectivity index (χ2n) is 5.51. The van der Waals surface area contributed by atoms with E-state index in [2.05, 4.69) is 20.8 Å². The van der Waals surface area contributed by atoms with Gasteiger partial charge in [0.1, 0.15) is 17.5 Å². The molecule has 0 saturated heterocycles. The average Bonchev–Trinajstić information content (AvgIpc) is 2.66. The summed E-state index contributed by atoms with van der Waals surface area (Å²) in [5.74, 6) is -0.870. The van der Waals surface area contributed by atoms with Crippen LogP contribution < -0.4 is 10.6 Å². The normalized spacial score (nSPS) is 10.4. The zero-order valence-electron chi connectivity index (χ0n) is 13.7. The lowest BCUT2D eigenvalue weighted by atomic mass is 10.1. The third-order valence-corrected chi connectivity index (χ3v) is 3.68. The fourth-order valence-electron chi connectivity index (χ4n) is 2.32. The Kier molecular flexibility index (Phi) is 5.48. The predicted molar refractivity (Wildman–Crippen MR) is 95.0 cm³/mol. The number of aromatic nitrogens is 2. The van der Waals surface area contributed by atoms with E-state index in [0.717, 1.165) is 0 Å². The van der Waals surface area contributed by atoms with Crippen molar-refractivity contribution < 1.29 is 13.6 Å². The maximum Gasteiger partial charge on any atom is 0.276 e. The lowest BCUT2D eigenvalue weighted by Crippen LogP contribution is -2.16. The Morgan fingerprint density at radius 2 is 1.62 bits per heavy atom. The first-order valence-corrected chi connectivity index (χ1v) is 8.00. The van der Waals surface area contributed by atoms with Gasteiger partial charge in [-0.25, -0.2) is 8.78 Å². The summed E-state index contributed by atoms with van der Waals surface area (Å²) < 4.78 is 27.1. The summed E-state index contributed by atoms with van der Waals surface area (Å²) in [5.41, 5.74) is 0.744. The van der Waals surface area contributed by atoms with Gasteiger partial charge in [0.2, 0.25) is 0 Å². The van der Waals surface area contributed by atoms with Crippen LogP contribution in [0.1, 0.15) is 16.1 Å². The van der Waals surface area contributed by atoms with Crippen molar-refractivity contribution in [2.24, 2.45) is 0 Å². The number of hydrogen-bond donors (Lipinski definition) is 2. The van der Waals surface area contributed by atoms with E-state index in [0.29, 0.717) is 24.3 Å². The number of para-hydroxylation sites is 1. The van der Waals surface area contributed by atoms with Crippen molar-refractivity contribution in [3.63, 3.8) is 0 Å². The zero-order chi connectivity index (χ0) is 18.4. The number of nitrogens with zero attached hydrogens (tertiary/aromatic N) is 2. The van der Waals surface area contributed by atoms with Gasteiger partial charge in [-0.15, -0.1) is 10.2 Å². The molecule has 0 aliphatic rings. The Balaban J connectivity index is 1.55. The molecule has 3 rings (SSSR count). The number of carbonyl (C=O) groups is 1. The van der Waals surface area contributed by atoms with Crippen LogP contribution in [0.4, 0.5) is 20.3 Å². The molecule has 0 radical (unpaired) electrons. The van der Waals surface area contributed by atoms with Crippen molar-refractivity contribution >= 4 is 17.4 Å². The number of amides is 1. The van der Waals surface area contributed by atoms with E-state index < -0.39 is 11.7 Å². The maximum absolute atomic E-state index is 13.6. The Hall–Kier alpha value is -3.35. The van der Waals surface area contributed by atoms with Gasteiger partial charge in [0, 0.05) is 6.54 Å². The van der Waals surface area contributed by atoms with E-state index >= 15 is 0 Å². The van der Waals surface area contributed by atoms with E-state index in [9.17, 15) is 13.6 Å². The molecule has 1 heterocycles. The Morgan fingerprint density at radius 1 is 0.885 bits per heavy atom. The van der Waals surface area contributed by atoms with Crippen molar-refractivity contribution in [2.45, 2.75) is 6.42 Å². The van der Waals surface area contributed by atoms with Gasteiger partial charge >= 0.3 is 0 Å². The van der Waals surface area contributed by atoms with Crippen LogP contribution in [0.3, 0.4) is 0 Å². The minimum Gasteiger partial charge on any atom is -0.368 e. The molecule has 0 saturated carbocycles. The third-order valence-electron chi connectivity index (χ3n) is 3.68. The standard InChI is InChI=1S/C19H16F2N4O/c20-14-6-2-1-5-13(14)11-12-22-18-10-9-17(24-25-18)19(26)23-16-8-4-3-7-15(16)21/h1-10H,11-12H2,(H,22,25)(H,23,26). The topological polar surface area (TPSA) is 66.9 Å². The first-order valence-electron chi connectivity index (χ1n) is 8.00. The smallest absolute Gasteiger partial charge is 0.276 e. The van der Waals surface area contributed by atoms with Gasteiger partial charge in [0.15, 0.2) is 5.69 Å². The lowest BCUT2D eigenvalue weighted by molar-refractivity contribution is 0.102. The molecule has 132 valence electrons. The largest absolute Gasteiger partial charge is 0.368 e. The minimum atomic E-state index is -0.555. The molecule has 0 aliphatic carbocycles. The molecule has 2 N–H and O–H groups in total. The average molecular weight is 354 g/mol. The molecule has 0 aliphatic heterocycles. The maximum atomic E-state index is 13.6. The molecule has 26 heavy (non-hydrogen) atoms. The van der Waals surface area contributed by atoms with Crippen molar-refractivity contribution in [1.82, 2.24) is 10.2 Å². The van der Waals surface area contributed by atoms with E-state index in [4.69, 9.17) is 0 Å². The van der Waals surface area contributed by atoms with Crippen molar-refractivity contribution in [3.05, 3.63) is 83.6 Å². The van der Waals surface area contributed by atoms with Gasteiger partial charge in [0.05, 0.1) is 5.69 Å². The predicted octanol–water partition coefficient (Wildman–Crippen LogP) is 3.66. The number of hydrogen-bond acceptors (Lipinski definition) is 4. The molecule has 1 amide bonds. The van der Waals surface area contributed by atoms with E-state index in [-0.39, 0.29) is 17.2 Å². The number of benzene rings is 2. The fraction of sp³-hybridized carbons (Fsp3) is 0.105. The third kappa shape index (κ3) is 4.38. The van der Waals surface area contributed by atoms with Gasteiger partial charge in [-0.05, 0) is 42.3 Å². The van der Waals surface area contributed by atoms with Crippen LogP contribution in [0, 0.1) is 11.6 Å². The van der Waals surface area contributed by atoms with Crippen LogP contribution >= 0.6 is 0 Å². The van der Waals surface area contributed by atoms with Gasteiger partial charge in [-0.3, -0.25) is 4.79 Å². The highest BCUT2D eigenvalue weighted by Crippen LogP contribution is 2.14. The molecule has 7 heteroatoms. The number of anilines is 2.